The molecule has 1 atom stereocenters. The fourth-order valence-corrected chi connectivity index (χ4v) is 6.08. The lowest BCUT2D eigenvalue weighted by atomic mass is 9.95. The second kappa shape index (κ2) is 9.02. The first-order valence-electron chi connectivity index (χ1n) is 11.3. The predicted octanol–water partition coefficient (Wildman–Crippen LogP) is 5.08. The molecule has 1 aromatic carbocycles. The van der Waals surface area contributed by atoms with E-state index in [1.165, 1.54) is 16.0 Å². The fourth-order valence-electron chi connectivity index (χ4n) is 4.82. The monoisotopic (exact) mass is 456 g/mol. The molecule has 5 rings (SSSR count). The number of aryl methyl sites for hydroxylation is 1. The molecule has 0 saturated carbocycles. The van der Waals surface area contributed by atoms with Gasteiger partial charge in [-0.15, -0.1) is 21.5 Å². The lowest BCUT2D eigenvalue weighted by Gasteiger charge is -2.31. The zero-order valence-electron chi connectivity index (χ0n) is 17.9. The summed E-state index contributed by atoms with van der Waals surface area (Å²) in [6.45, 7) is 6.13. The van der Waals surface area contributed by atoms with Gasteiger partial charge in [0.25, 0.3) is 0 Å². The molecule has 4 heterocycles. The Kier molecular flexibility index (Phi) is 6.15. The van der Waals surface area contributed by atoms with Crippen molar-refractivity contribution in [2.75, 3.05) is 19.6 Å². The molecule has 7 heteroatoms. The SMILES string of the molecule is CC(O)c1cc2c(s1)CCCn1c-2nnc1C1CCN(CCc2ccc(Cl)cc2)CC1. The van der Waals surface area contributed by atoms with Gasteiger partial charge < -0.3 is 14.6 Å². The van der Waals surface area contributed by atoms with Crippen LogP contribution in [0.5, 0.6) is 0 Å². The summed E-state index contributed by atoms with van der Waals surface area (Å²) in [6, 6.07) is 10.3. The zero-order chi connectivity index (χ0) is 21.4. The van der Waals surface area contributed by atoms with E-state index >= 15 is 0 Å². The number of aromatic nitrogens is 3. The Labute approximate surface area is 192 Å². The number of piperidine rings is 1. The number of nitrogens with zero attached hydrogens (tertiary/aromatic N) is 4. The minimum atomic E-state index is -0.426. The molecular formula is C24H29ClN4OS. The van der Waals surface area contributed by atoms with Gasteiger partial charge in [0.1, 0.15) is 5.82 Å². The largest absolute Gasteiger partial charge is 0.388 e. The fraction of sp³-hybridized carbons (Fsp3) is 0.500. The lowest BCUT2D eigenvalue weighted by molar-refractivity contribution is 0.203. The summed E-state index contributed by atoms with van der Waals surface area (Å²) in [5.74, 6) is 2.63. The number of halogens is 1. The summed E-state index contributed by atoms with van der Waals surface area (Å²) < 4.78 is 2.36. The molecular weight excluding hydrogens is 428 g/mol. The van der Waals surface area contributed by atoms with E-state index in [1.54, 1.807) is 11.3 Å². The molecule has 1 unspecified atom stereocenters. The molecule has 2 aliphatic heterocycles. The number of aliphatic hydroxyl groups is 1. The Bertz CT molecular complexity index is 1030. The van der Waals surface area contributed by atoms with E-state index in [0.717, 1.165) is 79.8 Å². The van der Waals surface area contributed by atoms with Crippen LogP contribution in [0.2, 0.25) is 5.02 Å². The summed E-state index contributed by atoms with van der Waals surface area (Å²) >= 11 is 7.72. The minimum absolute atomic E-state index is 0.426. The summed E-state index contributed by atoms with van der Waals surface area (Å²) in [4.78, 5) is 4.93. The highest BCUT2D eigenvalue weighted by molar-refractivity contribution is 7.12. The van der Waals surface area contributed by atoms with Gasteiger partial charge in [-0.1, -0.05) is 23.7 Å². The number of hydrogen-bond acceptors (Lipinski definition) is 5. The van der Waals surface area contributed by atoms with Crippen LogP contribution >= 0.6 is 22.9 Å². The van der Waals surface area contributed by atoms with Crippen molar-refractivity contribution in [2.24, 2.45) is 0 Å². The van der Waals surface area contributed by atoms with Gasteiger partial charge in [-0.2, -0.15) is 0 Å². The molecule has 0 aliphatic carbocycles. The molecule has 0 amide bonds. The highest BCUT2D eigenvalue weighted by Gasteiger charge is 2.29. The first-order valence-corrected chi connectivity index (χ1v) is 12.5. The van der Waals surface area contributed by atoms with Gasteiger partial charge in [0.15, 0.2) is 5.82 Å². The Balaban J connectivity index is 1.25. The summed E-state index contributed by atoms with van der Waals surface area (Å²) in [6.07, 6.45) is 5.06. The zero-order valence-corrected chi connectivity index (χ0v) is 19.5. The number of aliphatic hydroxyl groups excluding tert-OH is 1. The molecule has 5 nitrogen and oxygen atoms in total. The maximum Gasteiger partial charge on any atom is 0.165 e. The summed E-state index contributed by atoms with van der Waals surface area (Å²) in [5, 5.41) is 20.1. The molecule has 0 radical (unpaired) electrons. The summed E-state index contributed by atoms with van der Waals surface area (Å²) in [5.41, 5.74) is 2.52. The van der Waals surface area contributed by atoms with Crippen molar-refractivity contribution in [2.45, 2.75) is 57.6 Å². The first kappa shape index (κ1) is 21.1. The molecule has 31 heavy (non-hydrogen) atoms. The third-order valence-electron chi connectivity index (χ3n) is 6.63. The number of fused-ring (bicyclic) bond motifs is 3. The Morgan fingerprint density at radius 2 is 1.94 bits per heavy atom. The number of rotatable bonds is 5. The molecule has 0 bridgehead atoms. The van der Waals surface area contributed by atoms with Crippen molar-refractivity contribution in [3.63, 3.8) is 0 Å². The second-order valence-electron chi connectivity index (χ2n) is 8.79. The third-order valence-corrected chi connectivity index (χ3v) is 8.25. The van der Waals surface area contributed by atoms with E-state index in [9.17, 15) is 5.11 Å². The average Bonchev–Trinajstić information content (AvgIpc) is 3.35. The van der Waals surface area contributed by atoms with Gasteiger partial charge in [-0.05, 0) is 75.9 Å². The lowest BCUT2D eigenvalue weighted by Crippen LogP contribution is -2.35. The van der Waals surface area contributed by atoms with Gasteiger partial charge in [-0.3, -0.25) is 0 Å². The van der Waals surface area contributed by atoms with Gasteiger partial charge >= 0.3 is 0 Å². The van der Waals surface area contributed by atoms with E-state index in [1.807, 2.05) is 19.1 Å². The quantitative estimate of drug-likeness (QED) is 0.581. The van der Waals surface area contributed by atoms with Crippen LogP contribution in [0.1, 0.15) is 59.4 Å². The Morgan fingerprint density at radius 1 is 1.16 bits per heavy atom. The topological polar surface area (TPSA) is 54.2 Å². The predicted molar refractivity (Wildman–Crippen MR) is 126 cm³/mol. The number of likely N-dealkylation sites (tertiary alicyclic amines) is 1. The van der Waals surface area contributed by atoms with Gasteiger partial charge in [0.2, 0.25) is 0 Å². The van der Waals surface area contributed by atoms with E-state index in [0.29, 0.717) is 5.92 Å². The Morgan fingerprint density at radius 3 is 2.68 bits per heavy atom. The van der Waals surface area contributed by atoms with Crippen molar-refractivity contribution in [3.8, 4) is 11.4 Å². The van der Waals surface area contributed by atoms with Crippen LogP contribution < -0.4 is 0 Å². The van der Waals surface area contributed by atoms with E-state index < -0.39 is 6.10 Å². The van der Waals surface area contributed by atoms with Crippen LogP contribution in [0.15, 0.2) is 30.3 Å². The van der Waals surface area contributed by atoms with Crippen LogP contribution in [0.3, 0.4) is 0 Å². The summed E-state index contributed by atoms with van der Waals surface area (Å²) in [7, 11) is 0. The van der Waals surface area contributed by atoms with Gasteiger partial charge in [-0.25, -0.2) is 0 Å². The molecule has 3 aromatic rings. The van der Waals surface area contributed by atoms with E-state index in [2.05, 4.69) is 37.9 Å². The molecule has 2 aliphatic rings. The number of benzene rings is 1. The van der Waals surface area contributed by atoms with E-state index in [4.69, 9.17) is 11.6 Å². The number of thiophene rings is 1. The van der Waals surface area contributed by atoms with Crippen LogP contribution in [-0.4, -0.2) is 44.4 Å². The highest BCUT2D eigenvalue weighted by atomic mass is 35.5. The van der Waals surface area contributed by atoms with Crippen molar-refractivity contribution in [1.29, 1.82) is 0 Å². The standard InChI is InChI=1S/C24H29ClN4OS/c1-16(30)22-15-20-21(31-22)3-2-11-29-23(26-27-24(20)29)18-9-13-28(14-10-18)12-8-17-4-6-19(25)7-5-17/h4-7,15-16,18,30H,2-3,8-14H2,1H3. The van der Waals surface area contributed by atoms with Crippen molar-refractivity contribution >= 4 is 22.9 Å². The normalized spacial score (nSPS) is 18.4. The average molecular weight is 457 g/mol. The smallest absolute Gasteiger partial charge is 0.165 e. The molecule has 0 spiro atoms. The molecule has 1 saturated heterocycles. The van der Waals surface area contributed by atoms with Crippen molar-refractivity contribution in [1.82, 2.24) is 19.7 Å². The first-order chi connectivity index (χ1) is 15.1. The van der Waals surface area contributed by atoms with Crippen LogP contribution in [0.25, 0.3) is 11.4 Å². The number of hydrogen-bond donors (Lipinski definition) is 1. The van der Waals surface area contributed by atoms with Gasteiger partial charge in [0.05, 0.1) is 6.10 Å². The highest BCUT2D eigenvalue weighted by Crippen LogP contribution is 2.38. The minimum Gasteiger partial charge on any atom is -0.388 e. The third kappa shape index (κ3) is 4.44. The molecule has 164 valence electrons. The van der Waals surface area contributed by atoms with Crippen LogP contribution in [-0.2, 0) is 19.4 Å². The van der Waals surface area contributed by atoms with Crippen LogP contribution in [0, 0.1) is 0 Å². The molecule has 2 aromatic heterocycles. The molecule has 1 N–H and O–H groups in total. The Hall–Kier alpha value is -1.73. The maximum atomic E-state index is 10.0. The second-order valence-corrected chi connectivity index (χ2v) is 10.4. The van der Waals surface area contributed by atoms with Gasteiger partial charge in [0, 0.05) is 39.3 Å². The van der Waals surface area contributed by atoms with E-state index in [-0.39, 0.29) is 0 Å². The van der Waals surface area contributed by atoms with Crippen molar-refractivity contribution < 1.29 is 5.11 Å². The van der Waals surface area contributed by atoms with Crippen molar-refractivity contribution in [3.05, 3.63) is 56.5 Å². The molecule has 1 fully saturated rings. The maximum absolute atomic E-state index is 10.0. The van der Waals surface area contributed by atoms with Crippen LogP contribution in [0.4, 0.5) is 0 Å².